The lowest BCUT2D eigenvalue weighted by Crippen LogP contribution is -2.50. The lowest BCUT2D eigenvalue weighted by Gasteiger charge is -2.34. The van der Waals surface area contributed by atoms with Crippen LogP contribution in [0.2, 0.25) is 0 Å². The van der Waals surface area contributed by atoms with Crippen molar-refractivity contribution >= 4 is 30.2 Å². The topological polar surface area (TPSA) is 90.0 Å². The fraction of sp³-hybridized carbons (Fsp3) is 0.571. The molecule has 1 aromatic carbocycles. The summed E-state index contributed by atoms with van der Waals surface area (Å²) < 4.78 is 0. The number of nitrogens with zero attached hydrogens (tertiary/aromatic N) is 2. The number of carboxylic acid groups (broad SMARTS) is 1. The normalized spacial score (nSPS) is 20.1. The number of amides is 2. The summed E-state index contributed by atoms with van der Waals surface area (Å²) in [6.45, 7) is 2.05. The van der Waals surface area contributed by atoms with E-state index in [1.807, 2.05) is 30.3 Å². The number of piperidine rings is 1. The van der Waals surface area contributed by atoms with Crippen molar-refractivity contribution in [3.8, 4) is 0 Å². The zero-order chi connectivity index (χ0) is 19.9. The van der Waals surface area contributed by atoms with E-state index in [2.05, 4.69) is 5.32 Å². The number of benzene rings is 1. The SMILES string of the molecule is Cl.O=C(CCc1ccccc1)NC1CCN(C(=O)CN2CCCC2C(=O)O)CC1. The van der Waals surface area contributed by atoms with E-state index in [0.29, 0.717) is 32.5 Å². The highest BCUT2D eigenvalue weighted by molar-refractivity contribution is 5.85. The summed E-state index contributed by atoms with van der Waals surface area (Å²) in [6, 6.07) is 9.52. The van der Waals surface area contributed by atoms with E-state index in [1.54, 1.807) is 9.80 Å². The number of aryl methyl sites for hydroxylation is 1. The Bertz CT molecular complexity index is 692. The van der Waals surface area contributed by atoms with E-state index in [0.717, 1.165) is 31.2 Å². The zero-order valence-corrected chi connectivity index (χ0v) is 17.4. The minimum absolute atomic E-state index is 0. The zero-order valence-electron chi connectivity index (χ0n) is 16.6. The van der Waals surface area contributed by atoms with Crippen molar-refractivity contribution in [2.75, 3.05) is 26.2 Å². The Morgan fingerprint density at radius 2 is 1.72 bits per heavy atom. The third kappa shape index (κ3) is 6.72. The van der Waals surface area contributed by atoms with Gasteiger partial charge in [0.05, 0.1) is 6.54 Å². The second kappa shape index (κ2) is 11.2. The molecular weight excluding hydrogens is 394 g/mol. The fourth-order valence-corrected chi connectivity index (χ4v) is 4.04. The molecule has 7 nitrogen and oxygen atoms in total. The van der Waals surface area contributed by atoms with Crippen LogP contribution in [0.1, 0.15) is 37.7 Å². The number of nitrogens with one attached hydrogen (secondary N) is 1. The lowest BCUT2D eigenvalue weighted by atomic mass is 10.0. The number of halogens is 1. The highest BCUT2D eigenvalue weighted by Crippen LogP contribution is 2.18. The number of aliphatic carboxylic acids is 1. The van der Waals surface area contributed by atoms with Gasteiger partial charge in [0.25, 0.3) is 0 Å². The molecule has 29 heavy (non-hydrogen) atoms. The van der Waals surface area contributed by atoms with E-state index in [9.17, 15) is 19.5 Å². The molecule has 2 amide bonds. The molecule has 1 aromatic rings. The molecular formula is C21H30ClN3O4. The number of carbonyl (C=O) groups is 3. The third-order valence-corrected chi connectivity index (χ3v) is 5.68. The molecule has 1 atom stereocenters. The molecule has 0 aliphatic carbocycles. The molecule has 0 saturated carbocycles. The van der Waals surface area contributed by atoms with Crippen molar-refractivity contribution in [3.63, 3.8) is 0 Å². The van der Waals surface area contributed by atoms with Gasteiger partial charge in [0.2, 0.25) is 11.8 Å². The van der Waals surface area contributed by atoms with Gasteiger partial charge in [-0.05, 0) is 44.2 Å². The first kappa shape index (κ1) is 23.2. The van der Waals surface area contributed by atoms with Gasteiger partial charge in [-0.3, -0.25) is 19.3 Å². The highest BCUT2D eigenvalue weighted by Gasteiger charge is 2.33. The summed E-state index contributed by atoms with van der Waals surface area (Å²) in [5.74, 6) is -0.806. The Morgan fingerprint density at radius 1 is 1.03 bits per heavy atom. The van der Waals surface area contributed by atoms with E-state index >= 15 is 0 Å². The molecule has 0 bridgehead atoms. The summed E-state index contributed by atoms with van der Waals surface area (Å²) in [4.78, 5) is 39.5. The van der Waals surface area contributed by atoms with E-state index in [1.165, 1.54) is 0 Å². The van der Waals surface area contributed by atoms with Crippen LogP contribution < -0.4 is 5.32 Å². The van der Waals surface area contributed by atoms with Crippen LogP contribution in [0.5, 0.6) is 0 Å². The Labute approximate surface area is 177 Å². The smallest absolute Gasteiger partial charge is 0.320 e. The number of carbonyl (C=O) groups excluding carboxylic acids is 2. The first-order chi connectivity index (χ1) is 13.5. The van der Waals surface area contributed by atoms with Gasteiger partial charge >= 0.3 is 5.97 Å². The Morgan fingerprint density at radius 3 is 2.38 bits per heavy atom. The standard InChI is InChI=1S/C21H29N3O4.ClH/c25-19(9-8-16-5-2-1-3-6-16)22-17-10-13-23(14-11-17)20(26)15-24-12-4-7-18(24)21(27)28;/h1-3,5-6,17-18H,4,7-15H2,(H,22,25)(H,27,28);1H. The highest BCUT2D eigenvalue weighted by atomic mass is 35.5. The average Bonchev–Trinajstić information content (AvgIpc) is 3.16. The Balaban J connectivity index is 0.00000300. The van der Waals surface area contributed by atoms with Crippen LogP contribution in [0.25, 0.3) is 0 Å². The molecule has 3 rings (SSSR count). The molecule has 2 aliphatic heterocycles. The van der Waals surface area contributed by atoms with Crippen LogP contribution in [-0.4, -0.2) is 71.0 Å². The van der Waals surface area contributed by atoms with E-state index < -0.39 is 12.0 Å². The van der Waals surface area contributed by atoms with Crippen molar-refractivity contribution < 1.29 is 19.5 Å². The number of hydrogen-bond donors (Lipinski definition) is 2. The van der Waals surface area contributed by atoms with Crippen molar-refractivity contribution in [2.24, 2.45) is 0 Å². The monoisotopic (exact) mass is 423 g/mol. The van der Waals surface area contributed by atoms with Crippen molar-refractivity contribution in [1.29, 1.82) is 0 Å². The van der Waals surface area contributed by atoms with Crippen LogP contribution in [-0.2, 0) is 20.8 Å². The maximum atomic E-state index is 12.5. The first-order valence-electron chi connectivity index (χ1n) is 10.1. The number of hydrogen-bond acceptors (Lipinski definition) is 4. The summed E-state index contributed by atoms with van der Waals surface area (Å²) in [7, 11) is 0. The van der Waals surface area contributed by atoms with Gasteiger partial charge < -0.3 is 15.3 Å². The number of likely N-dealkylation sites (tertiary alicyclic amines) is 2. The molecule has 0 radical (unpaired) electrons. The molecule has 1 unspecified atom stereocenters. The maximum Gasteiger partial charge on any atom is 0.320 e. The van der Waals surface area contributed by atoms with Crippen molar-refractivity contribution in [2.45, 2.75) is 50.6 Å². The minimum atomic E-state index is -0.845. The summed E-state index contributed by atoms with van der Waals surface area (Å²) in [5, 5.41) is 12.3. The predicted molar refractivity (Wildman–Crippen MR) is 112 cm³/mol. The van der Waals surface area contributed by atoms with E-state index in [-0.39, 0.29) is 36.8 Å². The molecule has 160 valence electrons. The number of carboxylic acids is 1. The molecule has 0 aromatic heterocycles. The third-order valence-electron chi connectivity index (χ3n) is 5.68. The maximum absolute atomic E-state index is 12.5. The molecule has 2 heterocycles. The predicted octanol–water partition coefficient (Wildman–Crippen LogP) is 1.70. The Hall–Kier alpha value is -2.12. The second-order valence-corrected chi connectivity index (χ2v) is 7.67. The minimum Gasteiger partial charge on any atom is -0.480 e. The van der Waals surface area contributed by atoms with Crippen LogP contribution in [0.4, 0.5) is 0 Å². The van der Waals surface area contributed by atoms with Crippen LogP contribution in [0, 0.1) is 0 Å². The molecule has 8 heteroatoms. The molecule has 2 N–H and O–H groups in total. The molecule has 0 spiro atoms. The number of rotatable bonds is 7. The van der Waals surface area contributed by atoms with E-state index in [4.69, 9.17) is 0 Å². The van der Waals surface area contributed by atoms with Crippen molar-refractivity contribution in [1.82, 2.24) is 15.1 Å². The Kier molecular flexibility index (Phi) is 8.92. The molecule has 2 fully saturated rings. The van der Waals surface area contributed by atoms with Crippen LogP contribution >= 0.6 is 12.4 Å². The summed E-state index contributed by atoms with van der Waals surface area (Å²) in [5.41, 5.74) is 1.15. The molecule has 2 saturated heterocycles. The second-order valence-electron chi connectivity index (χ2n) is 7.67. The lowest BCUT2D eigenvalue weighted by molar-refractivity contribution is -0.143. The quantitative estimate of drug-likeness (QED) is 0.696. The van der Waals surface area contributed by atoms with Gasteiger partial charge in [-0.2, -0.15) is 0 Å². The first-order valence-corrected chi connectivity index (χ1v) is 10.1. The van der Waals surface area contributed by atoms with Gasteiger partial charge in [-0.1, -0.05) is 30.3 Å². The van der Waals surface area contributed by atoms with Crippen LogP contribution in [0.15, 0.2) is 30.3 Å². The average molecular weight is 424 g/mol. The van der Waals surface area contributed by atoms with Gasteiger partial charge in [0.1, 0.15) is 6.04 Å². The van der Waals surface area contributed by atoms with Gasteiger partial charge in [-0.15, -0.1) is 12.4 Å². The van der Waals surface area contributed by atoms with Gasteiger partial charge in [0, 0.05) is 25.6 Å². The van der Waals surface area contributed by atoms with Crippen molar-refractivity contribution in [3.05, 3.63) is 35.9 Å². The van der Waals surface area contributed by atoms with Gasteiger partial charge in [0.15, 0.2) is 0 Å². The van der Waals surface area contributed by atoms with Crippen LogP contribution in [0.3, 0.4) is 0 Å². The largest absolute Gasteiger partial charge is 0.480 e. The summed E-state index contributed by atoms with van der Waals surface area (Å²) in [6.07, 6.45) is 4.11. The molecule has 2 aliphatic rings. The van der Waals surface area contributed by atoms with Gasteiger partial charge in [-0.25, -0.2) is 0 Å². The summed E-state index contributed by atoms with van der Waals surface area (Å²) >= 11 is 0. The fourth-order valence-electron chi connectivity index (χ4n) is 4.04.